The highest BCUT2D eigenvalue weighted by atomic mass is 16.4. The molecule has 0 aliphatic heterocycles. The average Bonchev–Trinajstić information content (AvgIpc) is 1.82. The molecule has 0 saturated carbocycles. The van der Waals surface area contributed by atoms with Gasteiger partial charge in [0.1, 0.15) is 11.9 Å². The zero-order valence-electron chi connectivity index (χ0n) is 8.03. The van der Waals surface area contributed by atoms with Gasteiger partial charge in [-0.15, -0.1) is 0 Å². The SMILES string of the molecule is CC(C)(O)[C@H](O)CO.CC(C)=O. The molecule has 0 unspecified atom stereocenters. The highest BCUT2D eigenvalue weighted by Gasteiger charge is 2.22. The van der Waals surface area contributed by atoms with E-state index in [2.05, 4.69) is 0 Å². The van der Waals surface area contributed by atoms with Gasteiger partial charge in [0.15, 0.2) is 0 Å². The second-order valence-electron chi connectivity index (χ2n) is 3.26. The van der Waals surface area contributed by atoms with Crippen LogP contribution in [0.15, 0.2) is 0 Å². The van der Waals surface area contributed by atoms with Crippen molar-refractivity contribution in [2.45, 2.75) is 39.4 Å². The minimum Gasteiger partial charge on any atom is -0.394 e. The molecule has 0 aliphatic rings. The normalized spacial score (nSPS) is 12.9. The fraction of sp³-hybridized carbons (Fsp3) is 0.875. The molecule has 0 spiro atoms. The van der Waals surface area contributed by atoms with Gasteiger partial charge in [-0.1, -0.05) is 0 Å². The maximum atomic E-state index is 9.44. The smallest absolute Gasteiger partial charge is 0.126 e. The van der Waals surface area contributed by atoms with Crippen molar-refractivity contribution in [3.05, 3.63) is 0 Å². The first kappa shape index (κ1) is 14.1. The van der Waals surface area contributed by atoms with Crippen molar-refractivity contribution in [3.63, 3.8) is 0 Å². The van der Waals surface area contributed by atoms with Crippen molar-refractivity contribution in [1.82, 2.24) is 0 Å². The summed E-state index contributed by atoms with van der Waals surface area (Å²) < 4.78 is 0. The van der Waals surface area contributed by atoms with E-state index in [0.29, 0.717) is 0 Å². The molecule has 0 amide bonds. The first-order valence-electron chi connectivity index (χ1n) is 3.70. The molecule has 0 rings (SSSR count). The molecule has 4 nitrogen and oxygen atoms in total. The second kappa shape index (κ2) is 6.11. The summed E-state index contributed by atoms with van der Waals surface area (Å²) in [6.45, 7) is 5.53. The molecule has 74 valence electrons. The largest absolute Gasteiger partial charge is 0.394 e. The third-order valence-corrected chi connectivity index (χ3v) is 0.988. The quantitative estimate of drug-likeness (QED) is 0.543. The zero-order chi connectivity index (χ0) is 10.4. The van der Waals surface area contributed by atoms with Gasteiger partial charge < -0.3 is 20.1 Å². The monoisotopic (exact) mass is 178 g/mol. The van der Waals surface area contributed by atoms with Gasteiger partial charge in [0.25, 0.3) is 0 Å². The van der Waals surface area contributed by atoms with Gasteiger partial charge in [-0.25, -0.2) is 0 Å². The van der Waals surface area contributed by atoms with Crippen molar-refractivity contribution in [2.75, 3.05) is 6.61 Å². The average molecular weight is 178 g/mol. The van der Waals surface area contributed by atoms with E-state index in [-0.39, 0.29) is 5.78 Å². The number of aliphatic hydroxyl groups excluding tert-OH is 2. The van der Waals surface area contributed by atoms with Gasteiger partial charge in [0.05, 0.1) is 12.2 Å². The van der Waals surface area contributed by atoms with Crippen molar-refractivity contribution >= 4 is 5.78 Å². The maximum absolute atomic E-state index is 9.44. The lowest BCUT2D eigenvalue weighted by Crippen LogP contribution is -2.38. The van der Waals surface area contributed by atoms with Gasteiger partial charge in [0, 0.05) is 0 Å². The predicted octanol–water partition coefficient (Wildman–Crippen LogP) is -0.294. The lowest BCUT2D eigenvalue weighted by atomic mass is 10.0. The van der Waals surface area contributed by atoms with Gasteiger partial charge in [-0.3, -0.25) is 0 Å². The fourth-order valence-corrected chi connectivity index (χ4v) is 0.223. The molecule has 4 heteroatoms. The Hall–Kier alpha value is -0.450. The van der Waals surface area contributed by atoms with E-state index in [4.69, 9.17) is 15.3 Å². The Balaban J connectivity index is 0. The Kier molecular flexibility index (Phi) is 7.18. The van der Waals surface area contributed by atoms with Crippen molar-refractivity contribution in [1.29, 1.82) is 0 Å². The van der Waals surface area contributed by atoms with E-state index in [1.54, 1.807) is 0 Å². The third kappa shape index (κ3) is 12.2. The molecular formula is C8H18O4. The molecule has 0 bridgehead atoms. The first-order chi connectivity index (χ1) is 5.21. The number of hydrogen-bond acceptors (Lipinski definition) is 4. The minimum absolute atomic E-state index is 0.167. The van der Waals surface area contributed by atoms with Crippen LogP contribution in [0.1, 0.15) is 27.7 Å². The van der Waals surface area contributed by atoms with Gasteiger partial charge in [0.2, 0.25) is 0 Å². The van der Waals surface area contributed by atoms with E-state index in [0.717, 1.165) is 0 Å². The van der Waals surface area contributed by atoms with Crippen molar-refractivity contribution in [3.8, 4) is 0 Å². The van der Waals surface area contributed by atoms with E-state index < -0.39 is 18.3 Å². The van der Waals surface area contributed by atoms with Gasteiger partial charge in [-0.05, 0) is 27.7 Å². The Labute approximate surface area is 72.8 Å². The van der Waals surface area contributed by atoms with Crippen LogP contribution in [0.5, 0.6) is 0 Å². The summed E-state index contributed by atoms with van der Waals surface area (Å²) in [7, 11) is 0. The summed E-state index contributed by atoms with van der Waals surface area (Å²) >= 11 is 0. The van der Waals surface area contributed by atoms with E-state index in [1.807, 2.05) is 0 Å². The number of carbonyl (C=O) groups excluding carboxylic acids is 1. The van der Waals surface area contributed by atoms with Crippen LogP contribution in [0.3, 0.4) is 0 Å². The number of carbonyl (C=O) groups is 1. The fourth-order valence-electron chi connectivity index (χ4n) is 0.223. The number of hydrogen-bond donors (Lipinski definition) is 3. The third-order valence-electron chi connectivity index (χ3n) is 0.988. The Morgan fingerprint density at radius 1 is 1.42 bits per heavy atom. The van der Waals surface area contributed by atoms with E-state index >= 15 is 0 Å². The molecule has 0 aromatic carbocycles. The second-order valence-corrected chi connectivity index (χ2v) is 3.26. The van der Waals surface area contributed by atoms with Crippen molar-refractivity contribution in [2.24, 2.45) is 0 Å². The minimum atomic E-state index is -1.19. The summed E-state index contributed by atoms with van der Waals surface area (Å²) in [4.78, 5) is 9.44. The van der Waals surface area contributed by atoms with Crippen LogP contribution in [0.25, 0.3) is 0 Å². The summed E-state index contributed by atoms with van der Waals surface area (Å²) in [6, 6.07) is 0. The van der Waals surface area contributed by atoms with E-state index in [9.17, 15) is 4.79 Å². The molecule has 0 aromatic heterocycles. The van der Waals surface area contributed by atoms with Crippen LogP contribution in [0.4, 0.5) is 0 Å². The first-order valence-corrected chi connectivity index (χ1v) is 3.70. The summed E-state index contributed by atoms with van der Waals surface area (Å²) in [6.07, 6.45) is -1.04. The number of aliphatic hydroxyl groups is 3. The van der Waals surface area contributed by atoms with Crippen molar-refractivity contribution < 1.29 is 20.1 Å². The van der Waals surface area contributed by atoms with E-state index in [1.165, 1.54) is 27.7 Å². The van der Waals surface area contributed by atoms with Gasteiger partial charge >= 0.3 is 0 Å². The molecule has 0 heterocycles. The number of ketones is 1. The highest BCUT2D eigenvalue weighted by molar-refractivity contribution is 5.72. The molecule has 0 radical (unpaired) electrons. The van der Waals surface area contributed by atoms with Crippen LogP contribution in [-0.4, -0.2) is 39.4 Å². The molecule has 0 saturated heterocycles. The van der Waals surface area contributed by atoms with Crippen LogP contribution in [0, 0.1) is 0 Å². The lowest BCUT2D eigenvalue weighted by Gasteiger charge is -2.21. The summed E-state index contributed by atoms with van der Waals surface area (Å²) in [5, 5.41) is 25.8. The summed E-state index contributed by atoms with van der Waals surface area (Å²) in [5.74, 6) is 0.167. The summed E-state index contributed by atoms with van der Waals surface area (Å²) in [5.41, 5.74) is -1.19. The Morgan fingerprint density at radius 3 is 1.67 bits per heavy atom. The molecule has 3 N–H and O–H groups in total. The standard InChI is InChI=1S/C5H12O3.C3H6O/c1-5(2,8)4(7)3-6;1-3(2)4/h4,6-8H,3H2,1-2H3;1-2H3/t4-;/m1./s1. The predicted molar refractivity (Wildman–Crippen MR) is 45.7 cm³/mol. The lowest BCUT2D eigenvalue weighted by molar-refractivity contribution is -0.114. The van der Waals surface area contributed by atoms with Crippen LogP contribution in [0.2, 0.25) is 0 Å². The molecule has 0 aromatic rings. The topological polar surface area (TPSA) is 77.8 Å². The molecule has 0 aliphatic carbocycles. The molecule has 1 atom stereocenters. The maximum Gasteiger partial charge on any atom is 0.126 e. The molecular weight excluding hydrogens is 160 g/mol. The van der Waals surface area contributed by atoms with Crippen LogP contribution >= 0.6 is 0 Å². The van der Waals surface area contributed by atoms with Crippen LogP contribution < -0.4 is 0 Å². The van der Waals surface area contributed by atoms with Gasteiger partial charge in [-0.2, -0.15) is 0 Å². The highest BCUT2D eigenvalue weighted by Crippen LogP contribution is 2.05. The number of rotatable bonds is 2. The van der Waals surface area contributed by atoms with Crippen LogP contribution in [-0.2, 0) is 4.79 Å². The Bertz CT molecular complexity index is 122. The number of Topliss-reactive ketones (excluding diaryl/α,β-unsaturated/α-hetero) is 1. The molecule has 0 fully saturated rings. The molecule has 12 heavy (non-hydrogen) atoms. The zero-order valence-corrected chi connectivity index (χ0v) is 8.03. The Morgan fingerprint density at radius 2 is 1.67 bits per heavy atom.